The van der Waals surface area contributed by atoms with Gasteiger partial charge in [-0.1, -0.05) is 30.3 Å². The number of fused-ring (bicyclic) bond motifs is 1. The Hall–Kier alpha value is -3.15. The van der Waals surface area contributed by atoms with Crippen molar-refractivity contribution in [2.24, 2.45) is 0 Å². The van der Waals surface area contributed by atoms with Gasteiger partial charge in [0.15, 0.2) is 11.5 Å². The molecule has 2 heterocycles. The quantitative estimate of drug-likeness (QED) is 0.524. The van der Waals surface area contributed by atoms with Crippen molar-refractivity contribution < 1.29 is 18.7 Å². The molecule has 0 spiro atoms. The molecule has 1 aromatic heterocycles. The smallest absolute Gasteiger partial charge is 0.307 e. The maximum atomic E-state index is 13.2. The maximum absolute atomic E-state index is 13.2. The predicted molar refractivity (Wildman–Crippen MR) is 118 cm³/mol. The Balaban J connectivity index is 1.47. The highest BCUT2D eigenvalue weighted by molar-refractivity contribution is 5.97. The van der Waals surface area contributed by atoms with Crippen LogP contribution in [0.3, 0.4) is 0 Å². The first kappa shape index (κ1) is 21.1. The third kappa shape index (κ3) is 5.13. The van der Waals surface area contributed by atoms with E-state index in [1.165, 1.54) is 5.56 Å². The molecule has 1 fully saturated rings. The Labute approximate surface area is 182 Å². The zero-order valence-corrected chi connectivity index (χ0v) is 17.9. The van der Waals surface area contributed by atoms with Crippen LogP contribution in [-0.2, 0) is 22.4 Å². The van der Waals surface area contributed by atoms with Crippen molar-refractivity contribution in [3.8, 4) is 0 Å². The number of aromatic nitrogens is 1. The van der Waals surface area contributed by atoms with Crippen LogP contribution in [0, 0.1) is 0 Å². The molecule has 0 unspecified atom stereocenters. The Bertz CT molecular complexity index is 1040. The van der Waals surface area contributed by atoms with E-state index in [1.54, 1.807) is 19.1 Å². The van der Waals surface area contributed by atoms with Gasteiger partial charge in [0.05, 0.1) is 13.0 Å². The molecule has 1 amide bonds. The molecule has 1 aliphatic heterocycles. The number of rotatable bonds is 7. The average Bonchev–Trinajstić information content (AvgIpc) is 3.21. The average molecular weight is 421 g/mol. The molecule has 0 N–H and O–H groups in total. The summed E-state index contributed by atoms with van der Waals surface area (Å²) in [6.45, 7) is 2.81. The van der Waals surface area contributed by atoms with Crippen LogP contribution in [-0.4, -0.2) is 41.0 Å². The summed E-state index contributed by atoms with van der Waals surface area (Å²) in [6.07, 6.45) is 4.58. The maximum Gasteiger partial charge on any atom is 0.307 e. The van der Waals surface area contributed by atoms with E-state index < -0.39 is 0 Å². The summed E-state index contributed by atoms with van der Waals surface area (Å²) in [7, 11) is 0. The molecular formula is C25H28N2O4. The molecular weight excluding hydrogens is 392 g/mol. The number of oxazole rings is 1. The lowest BCUT2D eigenvalue weighted by molar-refractivity contribution is -0.144. The molecule has 1 atom stereocenters. The Kier molecular flexibility index (Phi) is 6.65. The van der Waals surface area contributed by atoms with Crippen molar-refractivity contribution in [1.29, 1.82) is 0 Å². The molecule has 1 aliphatic rings. The zero-order valence-electron chi connectivity index (χ0n) is 17.9. The number of ether oxygens (including phenoxy) is 1. The molecule has 162 valence electrons. The van der Waals surface area contributed by atoms with Crippen LogP contribution >= 0.6 is 0 Å². The van der Waals surface area contributed by atoms with Gasteiger partial charge < -0.3 is 14.1 Å². The highest BCUT2D eigenvalue weighted by Gasteiger charge is 2.30. The largest absolute Gasteiger partial charge is 0.466 e. The van der Waals surface area contributed by atoms with Gasteiger partial charge in [-0.05, 0) is 56.4 Å². The molecule has 3 aromatic rings. The minimum Gasteiger partial charge on any atom is -0.466 e. The van der Waals surface area contributed by atoms with E-state index in [4.69, 9.17) is 9.15 Å². The Morgan fingerprint density at radius 1 is 1.13 bits per heavy atom. The highest BCUT2D eigenvalue weighted by Crippen LogP contribution is 2.25. The van der Waals surface area contributed by atoms with Crippen LogP contribution < -0.4 is 0 Å². The number of carbonyl (C=O) groups excluding carboxylic acids is 2. The van der Waals surface area contributed by atoms with E-state index in [2.05, 4.69) is 17.1 Å². The van der Waals surface area contributed by atoms with Gasteiger partial charge in [0.25, 0.3) is 5.91 Å². The van der Waals surface area contributed by atoms with Crippen LogP contribution in [0.15, 0.2) is 52.9 Å². The topological polar surface area (TPSA) is 72.6 Å². The highest BCUT2D eigenvalue weighted by atomic mass is 16.5. The van der Waals surface area contributed by atoms with Crippen molar-refractivity contribution in [2.45, 2.75) is 51.5 Å². The molecule has 6 nitrogen and oxygen atoms in total. The molecule has 0 saturated carbocycles. The summed E-state index contributed by atoms with van der Waals surface area (Å²) in [5.74, 6) is 0.355. The van der Waals surface area contributed by atoms with Gasteiger partial charge in [-0.3, -0.25) is 9.59 Å². The molecule has 31 heavy (non-hydrogen) atoms. The molecule has 1 saturated heterocycles. The minimum atomic E-state index is -0.248. The Morgan fingerprint density at radius 2 is 1.97 bits per heavy atom. The lowest BCUT2D eigenvalue weighted by Crippen LogP contribution is -2.45. The number of aryl methyl sites for hydroxylation is 2. The van der Waals surface area contributed by atoms with Gasteiger partial charge in [0.2, 0.25) is 0 Å². The lowest BCUT2D eigenvalue weighted by Gasteiger charge is -2.35. The zero-order chi connectivity index (χ0) is 21.6. The minimum absolute atomic E-state index is 0.0651. The second-order valence-electron chi connectivity index (χ2n) is 7.93. The molecule has 0 radical (unpaired) electrons. The van der Waals surface area contributed by atoms with Gasteiger partial charge in [-0.25, -0.2) is 4.98 Å². The molecule has 0 bridgehead atoms. The summed E-state index contributed by atoms with van der Waals surface area (Å²) in [6, 6.07) is 15.5. The number of amides is 1. The number of piperidine rings is 1. The van der Waals surface area contributed by atoms with E-state index in [9.17, 15) is 9.59 Å². The summed E-state index contributed by atoms with van der Waals surface area (Å²) < 4.78 is 11.0. The third-order valence-electron chi connectivity index (χ3n) is 5.74. The van der Waals surface area contributed by atoms with Crippen LogP contribution in [0.2, 0.25) is 0 Å². The van der Waals surface area contributed by atoms with E-state index in [0.29, 0.717) is 42.1 Å². The van der Waals surface area contributed by atoms with Gasteiger partial charge in [-0.2, -0.15) is 0 Å². The van der Waals surface area contributed by atoms with Crippen molar-refractivity contribution in [2.75, 3.05) is 13.2 Å². The monoisotopic (exact) mass is 420 g/mol. The van der Waals surface area contributed by atoms with Crippen LogP contribution in [0.5, 0.6) is 0 Å². The van der Waals surface area contributed by atoms with E-state index in [1.807, 2.05) is 29.2 Å². The molecule has 6 heteroatoms. The van der Waals surface area contributed by atoms with Gasteiger partial charge in [-0.15, -0.1) is 0 Å². The number of benzene rings is 2. The van der Waals surface area contributed by atoms with Crippen molar-refractivity contribution in [3.05, 3.63) is 65.5 Å². The number of esters is 1. The summed E-state index contributed by atoms with van der Waals surface area (Å²) in [5, 5.41) is 0. The van der Waals surface area contributed by atoms with Gasteiger partial charge in [0, 0.05) is 24.6 Å². The lowest BCUT2D eigenvalue weighted by atomic mass is 9.98. The number of nitrogens with zero attached hydrogens (tertiary/aromatic N) is 2. The normalized spacial score (nSPS) is 16.4. The standard InChI is InChI=1S/C25H28N2O4/c1-2-30-24(28)17-20-10-6-7-15-27(20)25(29)19-12-13-22-21(16-19)26-23(31-22)14-11-18-8-4-3-5-9-18/h3-5,8-9,12-13,16,20H,2,6-7,10-11,14-15,17H2,1H3/t20-/m1/s1. The first-order valence-corrected chi connectivity index (χ1v) is 11.0. The van der Waals surface area contributed by atoms with Crippen molar-refractivity contribution in [1.82, 2.24) is 9.88 Å². The second kappa shape index (κ2) is 9.77. The fourth-order valence-electron chi connectivity index (χ4n) is 4.17. The molecule has 0 aliphatic carbocycles. The number of hydrogen-bond acceptors (Lipinski definition) is 5. The number of likely N-dealkylation sites (tertiary alicyclic amines) is 1. The summed E-state index contributed by atoms with van der Waals surface area (Å²) >= 11 is 0. The van der Waals surface area contributed by atoms with Gasteiger partial charge in [0.1, 0.15) is 5.52 Å². The first-order chi connectivity index (χ1) is 15.1. The second-order valence-corrected chi connectivity index (χ2v) is 7.93. The van der Waals surface area contributed by atoms with Crippen molar-refractivity contribution in [3.63, 3.8) is 0 Å². The van der Waals surface area contributed by atoms with Crippen LogP contribution in [0.25, 0.3) is 11.1 Å². The molecule has 2 aromatic carbocycles. The Morgan fingerprint density at radius 3 is 2.77 bits per heavy atom. The summed E-state index contributed by atoms with van der Waals surface area (Å²) in [5.41, 5.74) is 3.18. The fraction of sp³-hybridized carbons (Fsp3) is 0.400. The SMILES string of the molecule is CCOC(=O)C[C@H]1CCCCN1C(=O)c1ccc2oc(CCc3ccccc3)nc2c1. The van der Waals surface area contributed by atoms with Gasteiger partial charge >= 0.3 is 5.97 Å². The van der Waals surface area contributed by atoms with E-state index >= 15 is 0 Å². The number of carbonyl (C=O) groups is 2. The summed E-state index contributed by atoms with van der Waals surface area (Å²) in [4.78, 5) is 31.6. The van der Waals surface area contributed by atoms with Crippen LogP contribution in [0.4, 0.5) is 0 Å². The first-order valence-electron chi connectivity index (χ1n) is 11.0. The number of hydrogen-bond donors (Lipinski definition) is 0. The molecule has 4 rings (SSSR count). The van der Waals surface area contributed by atoms with Crippen molar-refractivity contribution >= 4 is 23.0 Å². The third-order valence-corrected chi connectivity index (χ3v) is 5.74. The van der Waals surface area contributed by atoms with E-state index in [-0.39, 0.29) is 24.3 Å². The predicted octanol–water partition coefficient (Wildman–Crippen LogP) is 4.56. The fourth-order valence-corrected chi connectivity index (χ4v) is 4.17. The van der Waals surface area contributed by atoms with E-state index in [0.717, 1.165) is 25.7 Å². The van der Waals surface area contributed by atoms with Crippen LogP contribution in [0.1, 0.15) is 54.4 Å².